The van der Waals surface area contributed by atoms with Gasteiger partial charge in [-0.15, -0.1) is 0 Å². The van der Waals surface area contributed by atoms with Crippen molar-refractivity contribution < 1.29 is 0 Å². The number of nitrogens with one attached hydrogen (secondary N) is 1. The highest BCUT2D eigenvalue weighted by Crippen LogP contribution is 2.35. The zero-order valence-electron chi connectivity index (χ0n) is 11.6. The molecule has 1 aliphatic carbocycles. The van der Waals surface area contributed by atoms with Gasteiger partial charge < -0.3 is 5.32 Å². The van der Waals surface area contributed by atoms with Crippen LogP contribution in [0.3, 0.4) is 0 Å². The van der Waals surface area contributed by atoms with E-state index in [9.17, 15) is 0 Å². The van der Waals surface area contributed by atoms with E-state index in [2.05, 4.69) is 26.1 Å². The zero-order chi connectivity index (χ0) is 11.8. The molecule has 1 heteroatoms. The topological polar surface area (TPSA) is 12.0 Å². The van der Waals surface area contributed by atoms with Crippen molar-refractivity contribution in [3.63, 3.8) is 0 Å². The van der Waals surface area contributed by atoms with Gasteiger partial charge >= 0.3 is 0 Å². The molecule has 0 aromatic carbocycles. The van der Waals surface area contributed by atoms with Gasteiger partial charge in [-0.25, -0.2) is 0 Å². The van der Waals surface area contributed by atoms with Crippen LogP contribution in [0.4, 0.5) is 0 Å². The quantitative estimate of drug-likeness (QED) is 0.639. The first-order valence-corrected chi connectivity index (χ1v) is 7.48. The first-order valence-electron chi connectivity index (χ1n) is 7.48. The highest BCUT2D eigenvalue weighted by atomic mass is 14.8. The Labute approximate surface area is 102 Å². The Morgan fingerprint density at radius 1 is 1.06 bits per heavy atom. The normalized spacial score (nSPS) is 27.9. The Morgan fingerprint density at radius 2 is 1.75 bits per heavy atom. The highest BCUT2D eigenvalue weighted by Gasteiger charge is 2.23. The summed E-state index contributed by atoms with van der Waals surface area (Å²) in [6, 6.07) is 0. The Kier molecular flexibility index (Phi) is 7.11. The van der Waals surface area contributed by atoms with Gasteiger partial charge in [-0.1, -0.05) is 40.0 Å². The van der Waals surface area contributed by atoms with Crippen LogP contribution in [-0.2, 0) is 0 Å². The fraction of sp³-hybridized carbons (Fsp3) is 1.00. The third-order valence-electron chi connectivity index (χ3n) is 4.48. The maximum atomic E-state index is 3.53. The summed E-state index contributed by atoms with van der Waals surface area (Å²) in [4.78, 5) is 0. The summed E-state index contributed by atoms with van der Waals surface area (Å²) < 4.78 is 0. The lowest BCUT2D eigenvalue weighted by atomic mass is 9.75. The van der Waals surface area contributed by atoms with Crippen LogP contribution < -0.4 is 5.32 Å². The fourth-order valence-electron chi connectivity index (χ4n) is 3.03. The van der Waals surface area contributed by atoms with E-state index in [4.69, 9.17) is 0 Å². The van der Waals surface area contributed by atoms with Crippen LogP contribution in [0.25, 0.3) is 0 Å². The van der Waals surface area contributed by atoms with E-state index in [-0.39, 0.29) is 0 Å². The molecule has 16 heavy (non-hydrogen) atoms. The molecule has 0 aliphatic heterocycles. The lowest BCUT2D eigenvalue weighted by Crippen LogP contribution is -2.24. The molecule has 0 heterocycles. The van der Waals surface area contributed by atoms with Gasteiger partial charge in [-0.05, 0) is 56.5 Å². The predicted molar refractivity (Wildman–Crippen MR) is 72.7 cm³/mol. The van der Waals surface area contributed by atoms with Gasteiger partial charge in [0, 0.05) is 0 Å². The van der Waals surface area contributed by atoms with E-state index in [1.54, 1.807) is 0 Å². The lowest BCUT2D eigenvalue weighted by molar-refractivity contribution is 0.203. The van der Waals surface area contributed by atoms with E-state index in [1.165, 1.54) is 58.0 Å². The molecule has 1 rings (SSSR count). The molecule has 0 spiro atoms. The van der Waals surface area contributed by atoms with E-state index < -0.39 is 0 Å². The predicted octanol–water partition coefficient (Wildman–Crippen LogP) is 4.23. The number of hydrogen-bond donors (Lipinski definition) is 1. The van der Waals surface area contributed by atoms with Crippen molar-refractivity contribution in [2.24, 2.45) is 17.8 Å². The maximum Gasteiger partial charge on any atom is -0.00463 e. The molecule has 1 aliphatic rings. The maximum absolute atomic E-state index is 3.53. The summed E-state index contributed by atoms with van der Waals surface area (Å²) in [7, 11) is 0. The second-order valence-electron chi connectivity index (χ2n) is 5.71. The van der Waals surface area contributed by atoms with Crippen molar-refractivity contribution in [3.05, 3.63) is 0 Å². The Morgan fingerprint density at radius 3 is 2.31 bits per heavy atom. The Balaban J connectivity index is 2.10. The average molecular weight is 225 g/mol. The van der Waals surface area contributed by atoms with Crippen molar-refractivity contribution in [2.45, 2.75) is 65.7 Å². The minimum Gasteiger partial charge on any atom is -0.317 e. The van der Waals surface area contributed by atoms with Crippen LogP contribution in [-0.4, -0.2) is 13.1 Å². The van der Waals surface area contributed by atoms with E-state index in [1.807, 2.05) is 0 Å². The zero-order valence-corrected chi connectivity index (χ0v) is 11.6. The smallest absolute Gasteiger partial charge is 0.00463 e. The molecule has 1 fully saturated rings. The first-order chi connectivity index (χ1) is 7.77. The van der Waals surface area contributed by atoms with Gasteiger partial charge in [-0.3, -0.25) is 0 Å². The van der Waals surface area contributed by atoms with Crippen LogP contribution in [0.2, 0.25) is 0 Å². The first kappa shape index (κ1) is 14.0. The molecule has 1 N–H and O–H groups in total. The number of hydrogen-bond acceptors (Lipinski definition) is 1. The van der Waals surface area contributed by atoms with Crippen molar-refractivity contribution in [2.75, 3.05) is 13.1 Å². The van der Waals surface area contributed by atoms with Gasteiger partial charge in [0.2, 0.25) is 0 Å². The molecule has 0 radical (unpaired) electrons. The molecular weight excluding hydrogens is 194 g/mol. The molecule has 1 unspecified atom stereocenters. The van der Waals surface area contributed by atoms with Crippen LogP contribution >= 0.6 is 0 Å². The number of rotatable bonds is 7. The summed E-state index contributed by atoms with van der Waals surface area (Å²) in [5.74, 6) is 3.00. The molecule has 1 saturated carbocycles. The highest BCUT2D eigenvalue weighted by molar-refractivity contribution is 4.75. The van der Waals surface area contributed by atoms with Crippen molar-refractivity contribution >= 4 is 0 Å². The van der Waals surface area contributed by atoms with Crippen LogP contribution in [0.1, 0.15) is 65.7 Å². The second kappa shape index (κ2) is 8.11. The molecular formula is C15H31N. The standard InChI is InChI=1S/C15H31N/c1-4-11-16-12-10-13(3)15-8-6-14(5-2)7-9-15/h13-16H,4-12H2,1-3H3. The Hall–Kier alpha value is -0.0400. The molecule has 0 bridgehead atoms. The second-order valence-corrected chi connectivity index (χ2v) is 5.71. The molecule has 1 nitrogen and oxygen atoms in total. The third kappa shape index (κ3) is 4.86. The molecule has 0 amide bonds. The van der Waals surface area contributed by atoms with E-state index >= 15 is 0 Å². The van der Waals surface area contributed by atoms with Gasteiger partial charge in [0.25, 0.3) is 0 Å². The van der Waals surface area contributed by atoms with Crippen molar-refractivity contribution in [1.29, 1.82) is 0 Å². The SMILES string of the molecule is CCCNCCC(C)C1CCC(CC)CC1. The van der Waals surface area contributed by atoms with E-state index in [0.29, 0.717) is 0 Å². The molecule has 0 aromatic rings. The minimum atomic E-state index is 0.933. The largest absolute Gasteiger partial charge is 0.317 e. The molecule has 0 saturated heterocycles. The van der Waals surface area contributed by atoms with Crippen LogP contribution in [0.15, 0.2) is 0 Å². The van der Waals surface area contributed by atoms with Gasteiger partial charge in [0.15, 0.2) is 0 Å². The molecule has 1 atom stereocenters. The van der Waals surface area contributed by atoms with E-state index in [0.717, 1.165) is 17.8 Å². The van der Waals surface area contributed by atoms with Gasteiger partial charge in [-0.2, -0.15) is 0 Å². The molecule has 96 valence electrons. The monoisotopic (exact) mass is 225 g/mol. The molecule has 0 aromatic heterocycles. The third-order valence-corrected chi connectivity index (χ3v) is 4.48. The van der Waals surface area contributed by atoms with Crippen LogP contribution in [0.5, 0.6) is 0 Å². The summed E-state index contributed by atoms with van der Waals surface area (Å²) in [5, 5.41) is 3.53. The summed E-state index contributed by atoms with van der Waals surface area (Å²) in [5.41, 5.74) is 0. The van der Waals surface area contributed by atoms with Crippen molar-refractivity contribution in [1.82, 2.24) is 5.32 Å². The van der Waals surface area contributed by atoms with Gasteiger partial charge in [0.1, 0.15) is 0 Å². The van der Waals surface area contributed by atoms with Gasteiger partial charge in [0.05, 0.1) is 0 Å². The fourth-order valence-corrected chi connectivity index (χ4v) is 3.03. The van der Waals surface area contributed by atoms with Crippen LogP contribution in [0, 0.1) is 17.8 Å². The summed E-state index contributed by atoms with van der Waals surface area (Å²) >= 11 is 0. The summed E-state index contributed by atoms with van der Waals surface area (Å²) in [6.07, 6.45) is 10.0. The lowest BCUT2D eigenvalue weighted by Gasteiger charge is -2.32. The summed E-state index contributed by atoms with van der Waals surface area (Å²) in [6.45, 7) is 9.47. The minimum absolute atomic E-state index is 0.933. The van der Waals surface area contributed by atoms with Crippen molar-refractivity contribution in [3.8, 4) is 0 Å². The Bertz CT molecular complexity index is 159. The average Bonchev–Trinajstić information content (AvgIpc) is 2.34.